The van der Waals surface area contributed by atoms with Gasteiger partial charge in [-0.25, -0.2) is 0 Å². The molecule has 1 aromatic heterocycles. The number of nitrogens with one attached hydrogen (secondary N) is 2. The Bertz CT molecular complexity index is 679. The highest BCUT2D eigenvalue weighted by Gasteiger charge is 2.09. The Morgan fingerprint density at radius 2 is 1.96 bits per heavy atom. The molecule has 2 N–H and O–H groups in total. The van der Waals surface area contributed by atoms with Crippen LogP contribution in [0.5, 0.6) is 5.75 Å². The lowest BCUT2D eigenvalue weighted by molar-refractivity contribution is 0.372. The van der Waals surface area contributed by atoms with E-state index in [1.54, 1.807) is 7.11 Å². The molecule has 0 saturated heterocycles. The van der Waals surface area contributed by atoms with Crippen LogP contribution in [0.15, 0.2) is 33.8 Å². The van der Waals surface area contributed by atoms with Gasteiger partial charge in [0.15, 0.2) is 11.8 Å². The number of benzene rings is 1. The molecule has 0 unspecified atom stereocenters. The number of nitrogens with zero attached hydrogens (tertiary/aromatic N) is 3. The van der Waals surface area contributed by atoms with E-state index in [0.717, 1.165) is 37.0 Å². The van der Waals surface area contributed by atoms with Gasteiger partial charge in [0.1, 0.15) is 5.75 Å². The second-order valence-electron chi connectivity index (χ2n) is 6.24. The molecule has 2 aromatic rings. The van der Waals surface area contributed by atoms with Gasteiger partial charge in [0.05, 0.1) is 13.7 Å². The van der Waals surface area contributed by atoms with Crippen molar-refractivity contribution in [1.29, 1.82) is 0 Å². The fraction of sp³-hybridized carbons (Fsp3) is 0.526. The van der Waals surface area contributed by atoms with E-state index in [-0.39, 0.29) is 5.92 Å². The molecule has 1 aromatic carbocycles. The molecule has 0 radical (unpaired) electrons. The van der Waals surface area contributed by atoms with Crippen molar-refractivity contribution in [3.05, 3.63) is 41.5 Å². The molecule has 0 atom stereocenters. The molecule has 0 amide bonds. The van der Waals surface area contributed by atoms with E-state index in [2.05, 4.69) is 37.9 Å². The van der Waals surface area contributed by atoms with Crippen molar-refractivity contribution in [1.82, 2.24) is 20.8 Å². The molecule has 26 heavy (non-hydrogen) atoms. The maximum Gasteiger partial charge on any atom is 0.228 e. The van der Waals surface area contributed by atoms with Gasteiger partial charge >= 0.3 is 0 Å². The summed E-state index contributed by atoms with van der Waals surface area (Å²) < 4.78 is 10.4. The minimum absolute atomic E-state index is 0.271. The van der Waals surface area contributed by atoms with E-state index >= 15 is 0 Å². The highest BCUT2D eigenvalue weighted by atomic mass is 16.5. The van der Waals surface area contributed by atoms with Crippen molar-refractivity contribution in [2.24, 2.45) is 4.99 Å². The van der Waals surface area contributed by atoms with Gasteiger partial charge in [0.2, 0.25) is 5.89 Å². The molecule has 0 aliphatic heterocycles. The first-order valence-corrected chi connectivity index (χ1v) is 9.10. The Kier molecular flexibility index (Phi) is 7.92. The predicted octanol–water partition coefficient (Wildman–Crippen LogP) is 2.54. The molecule has 0 aliphatic rings. The van der Waals surface area contributed by atoms with Crippen molar-refractivity contribution in [2.75, 3.05) is 26.7 Å². The Morgan fingerprint density at radius 1 is 1.19 bits per heavy atom. The fourth-order valence-electron chi connectivity index (χ4n) is 2.33. The normalized spacial score (nSPS) is 11.7. The predicted molar refractivity (Wildman–Crippen MR) is 103 cm³/mol. The smallest absolute Gasteiger partial charge is 0.228 e. The molecule has 0 bridgehead atoms. The Morgan fingerprint density at radius 3 is 2.58 bits per heavy atom. The summed E-state index contributed by atoms with van der Waals surface area (Å²) in [6, 6.07) is 8.10. The van der Waals surface area contributed by atoms with E-state index < -0.39 is 0 Å². The quantitative estimate of drug-likeness (QED) is 0.529. The number of aliphatic imine (C=N–C) groups is 1. The van der Waals surface area contributed by atoms with Crippen LogP contribution in [-0.4, -0.2) is 42.8 Å². The summed E-state index contributed by atoms with van der Waals surface area (Å²) in [7, 11) is 1.67. The fourth-order valence-corrected chi connectivity index (χ4v) is 2.33. The average molecular weight is 359 g/mol. The third-order valence-corrected chi connectivity index (χ3v) is 3.81. The maximum absolute atomic E-state index is 5.24. The Balaban J connectivity index is 1.79. The first kappa shape index (κ1) is 19.8. The van der Waals surface area contributed by atoms with Crippen molar-refractivity contribution in [3.8, 4) is 5.75 Å². The van der Waals surface area contributed by atoms with Gasteiger partial charge in [-0.15, -0.1) is 0 Å². The molecule has 142 valence electrons. The largest absolute Gasteiger partial charge is 0.497 e. The molecule has 0 fully saturated rings. The van der Waals surface area contributed by atoms with Gasteiger partial charge in [0, 0.05) is 25.4 Å². The number of methoxy groups -OCH3 is 1. The first-order chi connectivity index (χ1) is 12.6. The van der Waals surface area contributed by atoms with Crippen LogP contribution in [0.25, 0.3) is 0 Å². The highest BCUT2D eigenvalue weighted by Crippen LogP contribution is 2.11. The first-order valence-electron chi connectivity index (χ1n) is 9.10. The van der Waals surface area contributed by atoms with Crippen molar-refractivity contribution < 1.29 is 9.26 Å². The second kappa shape index (κ2) is 10.4. The summed E-state index contributed by atoms with van der Waals surface area (Å²) in [6.07, 6.45) is 1.55. The lowest BCUT2D eigenvalue weighted by Crippen LogP contribution is -2.38. The van der Waals surface area contributed by atoms with Crippen LogP contribution in [0.1, 0.15) is 44.0 Å². The van der Waals surface area contributed by atoms with Crippen LogP contribution in [0.2, 0.25) is 0 Å². The van der Waals surface area contributed by atoms with E-state index in [9.17, 15) is 0 Å². The average Bonchev–Trinajstić information content (AvgIpc) is 3.11. The van der Waals surface area contributed by atoms with Gasteiger partial charge in [-0.2, -0.15) is 4.98 Å². The zero-order chi connectivity index (χ0) is 18.8. The van der Waals surface area contributed by atoms with Gasteiger partial charge < -0.3 is 19.9 Å². The number of aromatic nitrogens is 2. The molecule has 7 nitrogen and oxygen atoms in total. The summed E-state index contributed by atoms with van der Waals surface area (Å²) in [4.78, 5) is 8.94. The van der Waals surface area contributed by atoms with Crippen LogP contribution in [-0.2, 0) is 12.8 Å². The zero-order valence-corrected chi connectivity index (χ0v) is 16.1. The standard InChI is InChI=1S/C19H29N5O2/c1-5-20-19(21-12-10-15-6-8-16(25-4)9-7-15)22-13-11-17-23-18(14(2)3)24-26-17/h6-9,14H,5,10-13H2,1-4H3,(H2,20,21,22). The van der Waals surface area contributed by atoms with Gasteiger partial charge in [-0.3, -0.25) is 4.99 Å². The zero-order valence-electron chi connectivity index (χ0n) is 16.1. The molecule has 1 heterocycles. The van der Waals surface area contributed by atoms with Crippen LogP contribution < -0.4 is 15.4 Å². The van der Waals surface area contributed by atoms with Crippen molar-refractivity contribution >= 4 is 5.96 Å². The summed E-state index contributed by atoms with van der Waals surface area (Å²) in [6.45, 7) is 8.35. The maximum atomic E-state index is 5.24. The minimum Gasteiger partial charge on any atom is -0.497 e. The van der Waals surface area contributed by atoms with Crippen LogP contribution in [0, 0.1) is 0 Å². The van der Waals surface area contributed by atoms with Crippen LogP contribution >= 0.6 is 0 Å². The Labute approximate surface area is 155 Å². The van der Waals surface area contributed by atoms with E-state index in [0.29, 0.717) is 18.9 Å². The number of hydrogen-bond acceptors (Lipinski definition) is 5. The van der Waals surface area contributed by atoms with Gasteiger partial charge in [0.25, 0.3) is 0 Å². The molecule has 0 spiro atoms. The lowest BCUT2D eigenvalue weighted by atomic mass is 10.1. The summed E-state index contributed by atoms with van der Waals surface area (Å²) in [5.41, 5.74) is 1.25. The third kappa shape index (κ3) is 6.38. The summed E-state index contributed by atoms with van der Waals surface area (Å²) in [5.74, 6) is 3.32. The van der Waals surface area contributed by atoms with Crippen molar-refractivity contribution in [3.63, 3.8) is 0 Å². The summed E-state index contributed by atoms with van der Waals surface area (Å²) in [5, 5.41) is 10.6. The molecular formula is C19H29N5O2. The molecule has 0 saturated carbocycles. The highest BCUT2D eigenvalue weighted by molar-refractivity contribution is 5.79. The molecule has 2 rings (SSSR count). The number of rotatable bonds is 9. The molecule has 0 aliphatic carbocycles. The topological polar surface area (TPSA) is 84.6 Å². The lowest BCUT2D eigenvalue weighted by Gasteiger charge is -2.11. The Hall–Kier alpha value is -2.57. The van der Waals surface area contributed by atoms with Crippen molar-refractivity contribution in [2.45, 2.75) is 39.5 Å². The number of ether oxygens (including phenoxy) is 1. The number of guanidine groups is 1. The van der Waals surface area contributed by atoms with E-state index in [1.165, 1.54) is 5.56 Å². The van der Waals surface area contributed by atoms with Crippen LogP contribution in [0.3, 0.4) is 0 Å². The van der Waals surface area contributed by atoms with Gasteiger partial charge in [-0.1, -0.05) is 31.1 Å². The van der Waals surface area contributed by atoms with Gasteiger partial charge in [-0.05, 0) is 31.0 Å². The molecular weight excluding hydrogens is 330 g/mol. The second-order valence-corrected chi connectivity index (χ2v) is 6.24. The number of hydrogen-bond donors (Lipinski definition) is 2. The minimum atomic E-state index is 0.271. The van der Waals surface area contributed by atoms with E-state index in [4.69, 9.17) is 9.26 Å². The third-order valence-electron chi connectivity index (χ3n) is 3.81. The van der Waals surface area contributed by atoms with Crippen LogP contribution in [0.4, 0.5) is 0 Å². The summed E-state index contributed by atoms with van der Waals surface area (Å²) >= 11 is 0. The van der Waals surface area contributed by atoms with E-state index in [1.807, 2.05) is 32.9 Å². The monoisotopic (exact) mass is 359 g/mol. The molecule has 7 heteroatoms. The SMILES string of the molecule is CCNC(=NCCc1nc(C(C)C)no1)NCCc1ccc(OC)cc1.